The predicted octanol–water partition coefficient (Wildman–Crippen LogP) is 2.19. The van der Waals surface area contributed by atoms with E-state index in [0.29, 0.717) is 5.92 Å². The summed E-state index contributed by atoms with van der Waals surface area (Å²) >= 11 is 0. The fraction of sp³-hybridized carbons (Fsp3) is 0.571. The highest BCUT2D eigenvalue weighted by Crippen LogP contribution is 2.16. The summed E-state index contributed by atoms with van der Waals surface area (Å²) in [4.78, 5) is 0. The first-order valence-electron chi connectivity index (χ1n) is 3.24. The predicted molar refractivity (Wildman–Crippen MR) is 35.2 cm³/mol. The minimum Gasteiger partial charge on any atom is -0.364 e. The molecule has 1 unspecified atom stereocenters. The fourth-order valence-electron chi connectivity index (χ4n) is 0.692. The van der Waals surface area contributed by atoms with E-state index in [9.17, 15) is 0 Å². The molecular weight excluding hydrogens is 114 g/mol. The lowest BCUT2D eigenvalue weighted by atomic mass is 10.0. The van der Waals surface area contributed by atoms with Crippen molar-refractivity contribution in [2.45, 2.75) is 26.2 Å². The van der Waals surface area contributed by atoms with Gasteiger partial charge in [-0.05, 0) is 12.3 Å². The third kappa shape index (κ3) is 1.31. The highest BCUT2D eigenvalue weighted by molar-refractivity contribution is 5.06. The highest BCUT2D eigenvalue weighted by Gasteiger charge is 2.02. The number of aromatic nitrogens is 1. The van der Waals surface area contributed by atoms with Gasteiger partial charge in [-0.3, -0.25) is 0 Å². The summed E-state index contributed by atoms with van der Waals surface area (Å²) in [7, 11) is 0. The molecule has 0 bridgehead atoms. The molecular formula is C7H11NO. The van der Waals surface area contributed by atoms with E-state index in [0.717, 1.165) is 6.42 Å². The monoisotopic (exact) mass is 125 g/mol. The molecule has 1 atom stereocenters. The summed E-state index contributed by atoms with van der Waals surface area (Å²) in [5.74, 6) is 0.580. The van der Waals surface area contributed by atoms with Crippen LogP contribution in [0.15, 0.2) is 17.0 Å². The molecule has 0 amide bonds. The first-order valence-corrected chi connectivity index (χ1v) is 3.24. The minimum atomic E-state index is 0.580. The summed E-state index contributed by atoms with van der Waals surface area (Å²) in [5.41, 5.74) is 1.19. The molecule has 0 aliphatic heterocycles. The van der Waals surface area contributed by atoms with Gasteiger partial charge in [0.2, 0.25) is 0 Å². The second-order valence-corrected chi connectivity index (χ2v) is 2.27. The lowest BCUT2D eigenvalue weighted by Gasteiger charge is -2.00. The summed E-state index contributed by atoms with van der Waals surface area (Å²) < 4.78 is 4.69. The Bertz CT molecular complexity index is 157. The van der Waals surface area contributed by atoms with Crippen molar-refractivity contribution in [2.75, 3.05) is 0 Å². The van der Waals surface area contributed by atoms with Crippen LogP contribution in [0.5, 0.6) is 0 Å². The molecule has 0 N–H and O–H groups in total. The third-order valence-electron chi connectivity index (χ3n) is 1.63. The van der Waals surface area contributed by atoms with E-state index in [1.807, 2.05) is 0 Å². The van der Waals surface area contributed by atoms with Crippen LogP contribution in [0.4, 0.5) is 0 Å². The third-order valence-corrected chi connectivity index (χ3v) is 1.63. The van der Waals surface area contributed by atoms with Gasteiger partial charge < -0.3 is 4.52 Å². The Hall–Kier alpha value is -0.790. The molecule has 0 fully saturated rings. The van der Waals surface area contributed by atoms with Crippen molar-refractivity contribution in [3.63, 3.8) is 0 Å². The Labute approximate surface area is 54.9 Å². The van der Waals surface area contributed by atoms with Gasteiger partial charge in [0.05, 0.1) is 6.20 Å². The van der Waals surface area contributed by atoms with Crippen molar-refractivity contribution in [3.05, 3.63) is 18.0 Å². The maximum Gasteiger partial charge on any atom is 0.127 e. The Morgan fingerprint density at radius 1 is 1.78 bits per heavy atom. The maximum absolute atomic E-state index is 4.69. The van der Waals surface area contributed by atoms with Crippen molar-refractivity contribution in [1.82, 2.24) is 5.16 Å². The Balaban J connectivity index is 2.65. The zero-order valence-electron chi connectivity index (χ0n) is 5.79. The smallest absolute Gasteiger partial charge is 0.127 e. The van der Waals surface area contributed by atoms with Gasteiger partial charge in [-0.2, -0.15) is 0 Å². The van der Waals surface area contributed by atoms with Crippen LogP contribution in [0.1, 0.15) is 31.7 Å². The second kappa shape index (κ2) is 2.67. The van der Waals surface area contributed by atoms with Gasteiger partial charge in [0.1, 0.15) is 6.26 Å². The summed E-state index contributed by atoms with van der Waals surface area (Å²) in [6.45, 7) is 4.31. The Morgan fingerprint density at radius 2 is 2.56 bits per heavy atom. The zero-order valence-corrected chi connectivity index (χ0v) is 5.79. The number of rotatable bonds is 2. The molecule has 9 heavy (non-hydrogen) atoms. The van der Waals surface area contributed by atoms with E-state index in [1.54, 1.807) is 12.5 Å². The quantitative estimate of drug-likeness (QED) is 0.605. The second-order valence-electron chi connectivity index (χ2n) is 2.27. The van der Waals surface area contributed by atoms with Gasteiger partial charge in [-0.15, -0.1) is 0 Å². The van der Waals surface area contributed by atoms with E-state index in [1.165, 1.54) is 5.56 Å². The highest BCUT2D eigenvalue weighted by atomic mass is 16.5. The molecule has 0 spiro atoms. The van der Waals surface area contributed by atoms with Crippen LogP contribution in [-0.4, -0.2) is 5.16 Å². The van der Waals surface area contributed by atoms with Gasteiger partial charge in [0.15, 0.2) is 0 Å². The number of hydrogen-bond acceptors (Lipinski definition) is 2. The van der Waals surface area contributed by atoms with E-state index in [-0.39, 0.29) is 0 Å². The summed E-state index contributed by atoms with van der Waals surface area (Å²) in [6.07, 6.45) is 4.61. The standard InChI is InChI=1S/C7H11NO/c1-3-6(2)7-4-8-9-5-7/h4-6H,3H2,1-2H3. The molecule has 50 valence electrons. The van der Waals surface area contributed by atoms with Crippen LogP contribution in [0, 0.1) is 0 Å². The van der Waals surface area contributed by atoms with Gasteiger partial charge >= 0.3 is 0 Å². The van der Waals surface area contributed by atoms with Crippen molar-refractivity contribution >= 4 is 0 Å². The SMILES string of the molecule is CCC(C)c1cnoc1. The normalized spacial score (nSPS) is 13.6. The van der Waals surface area contributed by atoms with Crippen molar-refractivity contribution < 1.29 is 4.52 Å². The van der Waals surface area contributed by atoms with Gasteiger partial charge in [0.25, 0.3) is 0 Å². The summed E-state index contributed by atoms with van der Waals surface area (Å²) in [5, 5.41) is 3.62. The van der Waals surface area contributed by atoms with Crippen LogP contribution >= 0.6 is 0 Å². The Kier molecular flexibility index (Phi) is 1.88. The van der Waals surface area contributed by atoms with E-state index < -0.39 is 0 Å². The minimum absolute atomic E-state index is 0.580. The molecule has 0 aromatic carbocycles. The summed E-state index contributed by atoms with van der Waals surface area (Å²) in [6, 6.07) is 0. The first kappa shape index (κ1) is 6.33. The molecule has 2 nitrogen and oxygen atoms in total. The molecule has 1 rings (SSSR count). The van der Waals surface area contributed by atoms with E-state index in [2.05, 4.69) is 23.5 Å². The largest absolute Gasteiger partial charge is 0.364 e. The van der Waals surface area contributed by atoms with E-state index in [4.69, 9.17) is 0 Å². The fourth-order valence-corrected chi connectivity index (χ4v) is 0.692. The van der Waals surface area contributed by atoms with Crippen LogP contribution < -0.4 is 0 Å². The maximum atomic E-state index is 4.69. The molecule has 0 radical (unpaired) electrons. The molecule has 0 saturated heterocycles. The zero-order chi connectivity index (χ0) is 6.69. The molecule has 0 aliphatic rings. The van der Waals surface area contributed by atoms with Crippen molar-refractivity contribution in [3.8, 4) is 0 Å². The van der Waals surface area contributed by atoms with Crippen LogP contribution in [-0.2, 0) is 0 Å². The number of hydrogen-bond donors (Lipinski definition) is 0. The average molecular weight is 125 g/mol. The molecule has 1 heterocycles. The van der Waals surface area contributed by atoms with Gasteiger partial charge in [-0.1, -0.05) is 19.0 Å². The van der Waals surface area contributed by atoms with Crippen molar-refractivity contribution in [1.29, 1.82) is 0 Å². The molecule has 0 saturated carbocycles. The van der Waals surface area contributed by atoms with Crippen molar-refractivity contribution in [2.24, 2.45) is 0 Å². The lowest BCUT2D eigenvalue weighted by Crippen LogP contribution is -1.86. The molecule has 1 aromatic rings. The van der Waals surface area contributed by atoms with Crippen LogP contribution in [0.3, 0.4) is 0 Å². The van der Waals surface area contributed by atoms with Gasteiger partial charge in [-0.25, -0.2) is 0 Å². The number of nitrogens with zero attached hydrogens (tertiary/aromatic N) is 1. The van der Waals surface area contributed by atoms with Crippen LogP contribution in [0.25, 0.3) is 0 Å². The van der Waals surface area contributed by atoms with Crippen LogP contribution in [0.2, 0.25) is 0 Å². The van der Waals surface area contributed by atoms with E-state index >= 15 is 0 Å². The first-order chi connectivity index (χ1) is 4.34. The average Bonchev–Trinajstić information content (AvgIpc) is 2.37. The topological polar surface area (TPSA) is 26.0 Å². The Morgan fingerprint density at radius 3 is 3.00 bits per heavy atom. The van der Waals surface area contributed by atoms with Gasteiger partial charge in [0, 0.05) is 5.56 Å². The lowest BCUT2D eigenvalue weighted by molar-refractivity contribution is 0.418. The molecule has 2 heteroatoms. The molecule has 0 aliphatic carbocycles. The molecule has 1 aromatic heterocycles.